The van der Waals surface area contributed by atoms with Gasteiger partial charge in [-0.25, -0.2) is 5.43 Å². The highest BCUT2D eigenvalue weighted by molar-refractivity contribution is 7.09. The molecule has 0 saturated carbocycles. The first kappa shape index (κ1) is 21.2. The van der Waals surface area contributed by atoms with Crippen molar-refractivity contribution < 1.29 is 14.1 Å². The van der Waals surface area contributed by atoms with Crippen LogP contribution in [0.15, 0.2) is 70.8 Å². The fraction of sp³-hybridized carbons (Fsp3) is 0.136. The molecule has 0 radical (unpaired) electrons. The highest BCUT2D eigenvalue weighted by Crippen LogP contribution is 2.16. The van der Waals surface area contributed by atoms with Crippen LogP contribution < -0.4 is 16.2 Å². The van der Waals surface area contributed by atoms with Gasteiger partial charge < -0.3 is 9.84 Å². The predicted octanol–water partition coefficient (Wildman–Crippen LogP) is 3.91. The van der Waals surface area contributed by atoms with Crippen molar-refractivity contribution in [3.63, 3.8) is 0 Å². The van der Waals surface area contributed by atoms with E-state index < -0.39 is 5.91 Å². The fourth-order valence-corrected chi connectivity index (χ4v) is 3.67. The maximum absolute atomic E-state index is 12.5. The summed E-state index contributed by atoms with van der Waals surface area (Å²) in [5.74, 6) is -0.137. The lowest BCUT2D eigenvalue weighted by molar-refractivity contribution is -0.116. The molecule has 0 atom stereocenters. The predicted molar refractivity (Wildman–Crippen MR) is 121 cm³/mol. The van der Waals surface area contributed by atoms with Gasteiger partial charge in [0, 0.05) is 40.5 Å². The number of hydrogen-bond acceptors (Lipinski definition) is 8. The number of amides is 2. The van der Waals surface area contributed by atoms with Crippen LogP contribution in [-0.4, -0.2) is 26.9 Å². The number of thiophene rings is 1. The Hall–Kier alpha value is -4.05. The van der Waals surface area contributed by atoms with Gasteiger partial charge in [0.05, 0.1) is 0 Å². The topological polar surface area (TPSA) is 122 Å². The highest BCUT2D eigenvalue weighted by atomic mass is 32.1. The fourth-order valence-electron chi connectivity index (χ4n) is 2.91. The standard InChI is InChI=1S/C22H20N6O3S/c29-19(8-2-6-18-7-3-13-32-18)24-17-5-1-4-16(14-17)21(30)26-27-22-25-20(28-31-22)15-9-11-23-12-10-15/h1,3-5,7,9-14H,2,6,8H2,(H,24,29)(H,26,30)(H,25,27,28). The molecule has 0 aliphatic heterocycles. The number of anilines is 2. The summed E-state index contributed by atoms with van der Waals surface area (Å²) >= 11 is 1.69. The van der Waals surface area contributed by atoms with Crippen LogP contribution in [0.1, 0.15) is 28.1 Å². The summed E-state index contributed by atoms with van der Waals surface area (Å²) in [5, 5.41) is 8.71. The van der Waals surface area contributed by atoms with Crippen molar-refractivity contribution in [2.75, 3.05) is 10.7 Å². The summed E-state index contributed by atoms with van der Waals surface area (Å²) in [5.41, 5.74) is 6.75. The van der Waals surface area contributed by atoms with Gasteiger partial charge in [0.2, 0.25) is 11.7 Å². The molecule has 0 saturated heterocycles. The minimum Gasteiger partial charge on any atom is -0.326 e. The third kappa shape index (κ3) is 5.76. The van der Waals surface area contributed by atoms with Crippen molar-refractivity contribution in [3.8, 4) is 11.4 Å². The minimum atomic E-state index is -0.414. The van der Waals surface area contributed by atoms with Gasteiger partial charge in [-0.05, 0) is 54.6 Å². The van der Waals surface area contributed by atoms with E-state index in [1.807, 2.05) is 11.4 Å². The smallest absolute Gasteiger partial charge is 0.326 e. The van der Waals surface area contributed by atoms with Crippen molar-refractivity contribution in [2.24, 2.45) is 0 Å². The summed E-state index contributed by atoms with van der Waals surface area (Å²) in [6.45, 7) is 0. The van der Waals surface area contributed by atoms with Crippen LogP contribution in [0.3, 0.4) is 0 Å². The Labute approximate surface area is 187 Å². The van der Waals surface area contributed by atoms with Crippen molar-refractivity contribution in [1.29, 1.82) is 0 Å². The van der Waals surface area contributed by atoms with Crippen molar-refractivity contribution >= 4 is 34.9 Å². The molecule has 0 aliphatic carbocycles. The SMILES string of the molecule is O=C(CCCc1cccs1)Nc1cccc(C(=O)NNc2nc(-c3ccncc3)no2)c1. The van der Waals surface area contributed by atoms with E-state index in [1.54, 1.807) is 60.1 Å². The molecule has 0 fully saturated rings. The summed E-state index contributed by atoms with van der Waals surface area (Å²) in [7, 11) is 0. The second kappa shape index (κ2) is 10.3. The molecular formula is C22H20N6O3S. The second-order valence-corrected chi connectivity index (χ2v) is 7.83. The molecule has 0 unspecified atom stereocenters. The third-order valence-corrected chi connectivity index (χ3v) is 5.40. The average Bonchev–Trinajstić information content (AvgIpc) is 3.51. The number of hydrazine groups is 1. The van der Waals surface area contributed by atoms with Gasteiger partial charge in [0.25, 0.3) is 5.91 Å². The van der Waals surface area contributed by atoms with Crippen molar-refractivity contribution in [1.82, 2.24) is 20.6 Å². The zero-order valence-electron chi connectivity index (χ0n) is 16.9. The molecule has 3 aromatic heterocycles. The maximum atomic E-state index is 12.5. The number of carbonyl (C=O) groups excluding carboxylic acids is 2. The summed E-state index contributed by atoms with van der Waals surface area (Å²) in [6.07, 6.45) is 5.29. The van der Waals surface area contributed by atoms with E-state index in [0.29, 0.717) is 23.5 Å². The van der Waals surface area contributed by atoms with Crippen LogP contribution in [0.4, 0.5) is 11.7 Å². The molecule has 0 aliphatic rings. The highest BCUT2D eigenvalue weighted by Gasteiger charge is 2.11. The number of aromatic nitrogens is 3. The van der Waals surface area contributed by atoms with Crippen LogP contribution in [0.5, 0.6) is 0 Å². The van der Waals surface area contributed by atoms with Gasteiger partial charge in [-0.15, -0.1) is 11.3 Å². The molecule has 4 rings (SSSR count). The monoisotopic (exact) mass is 448 g/mol. The first-order chi connectivity index (χ1) is 15.7. The van der Waals surface area contributed by atoms with Gasteiger partial charge >= 0.3 is 6.01 Å². The molecule has 4 aromatic rings. The molecular weight excluding hydrogens is 428 g/mol. The van der Waals surface area contributed by atoms with Gasteiger partial charge in [0.1, 0.15) is 0 Å². The van der Waals surface area contributed by atoms with E-state index in [4.69, 9.17) is 4.52 Å². The summed E-state index contributed by atoms with van der Waals surface area (Å²) < 4.78 is 5.08. The van der Waals surface area contributed by atoms with Gasteiger partial charge in [-0.1, -0.05) is 17.3 Å². The van der Waals surface area contributed by atoms with Gasteiger partial charge in [0.15, 0.2) is 0 Å². The number of hydrogen-bond donors (Lipinski definition) is 3. The third-order valence-electron chi connectivity index (χ3n) is 4.46. The summed E-state index contributed by atoms with van der Waals surface area (Å²) in [6, 6.07) is 14.3. The zero-order valence-corrected chi connectivity index (χ0v) is 17.8. The number of nitrogens with zero attached hydrogens (tertiary/aromatic N) is 3. The van der Waals surface area contributed by atoms with Gasteiger partial charge in [-0.2, -0.15) is 4.98 Å². The lowest BCUT2D eigenvalue weighted by Crippen LogP contribution is -2.29. The first-order valence-corrected chi connectivity index (χ1v) is 10.8. The van der Waals surface area contributed by atoms with Crippen molar-refractivity contribution in [3.05, 3.63) is 76.7 Å². The average molecular weight is 449 g/mol. The normalized spacial score (nSPS) is 10.5. The lowest BCUT2D eigenvalue weighted by Gasteiger charge is -2.08. The quantitative estimate of drug-likeness (QED) is 0.332. The van der Waals surface area contributed by atoms with Crippen molar-refractivity contribution in [2.45, 2.75) is 19.3 Å². The lowest BCUT2D eigenvalue weighted by atomic mass is 10.1. The van der Waals surface area contributed by atoms with Gasteiger partial charge in [-0.3, -0.25) is 20.0 Å². The number of aryl methyl sites for hydroxylation is 1. The summed E-state index contributed by atoms with van der Waals surface area (Å²) in [4.78, 5) is 34.0. The van der Waals surface area contributed by atoms with E-state index in [9.17, 15) is 9.59 Å². The van der Waals surface area contributed by atoms with Crippen LogP contribution in [-0.2, 0) is 11.2 Å². The molecule has 162 valence electrons. The van der Waals surface area contributed by atoms with E-state index in [1.165, 1.54) is 4.88 Å². The Bertz CT molecular complexity index is 1180. The number of benzene rings is 1. The molecule has 9 nitrogen and oxygen atoms in total. The van der Waals surface area contributed by atoms with Crippen LogP contribution in [0.2, 0.25) is 0 Å². The zero-order chi connectivity index (χ0) is 22.2. The number of carbonyl (C=O) groups is 2. The van der Waals surface area contributed by atoms with E-state index >= 15 is 0 Å². The van der Waals surface area contributed by atoms with E-state index in [-0.39, 0.29) is 11.9 Å². The Morgan fingerprint density at radius 3 is 2.75 bits per heavy atom. The molecule has 3 N–H and O–H groups in total. The Balaban J connectivity index is 1.27. The molecule has 32 heavy (non-hydrogen) atoms. The molecule has 1 aromatic carbocycles. The maximum Gasteiger partial charge on any atom is 0.340 e. The second-order valence-electron chi connectivity index (χ2n) is 6.80. The Morgan fingerprint density at radius 1 is 1.06 bits per heavy atom. The van der Waals surface area contributed by atoms with Crippen LogP contribution >= 0.6 is 11.3 Å². The van der Waals surface area contributed by atoms with Crippen LogP contribution in [0, 0.1) is 0 Å². The largest absolute Gasteiger partial charge is 0.340 e. The molecule has 0 spiro atoms. The molecule has 10 heteroatoms. The number of pyridine rings is 1. The van der Waals surface area contributed by atoms with Crippen LogP contribution in [0.25, 0.3) is 11.4 Å². The van der Waals surface area contributed by atoms with E-state index in [0.717, 1.165) is 18.4 Å². The molecule has 0 bridgehead atoms. The molecule has 2 amide bonds. The molecule has 3 heterocycles. The van der Waals surface area contributed by atoms with E-state index in [2.05, 4.69) is 37.4 Å². The number of rotatable bonds is 9. The minimum absolute atomic E-state index is 0.0420. The first-order valence-electron chi connectivity index (χ1n) is 9.90. The Morgan fingerprint density at radius 2 is 1.94 bits per heavy atom. The Kier molecular flexibility index (Phi) is 6.83. The number of nitrogens with one attached hydrogen (secondary N) is 3.